The number of fused-ring (bicyclic) bond motifs is 1. The first-order valence-electron chi connectivity index (χ1n) is 6.95. The third kappa shape index (κ3) is 3.43. The first kappa shape index (κ1) is 14.5. The van der Waals surface area contributed by atoms with E-state index in [1.807, 2.05) is 66.7 Å². The van der Waals surface area contributed by atoms with Gasteiger partial charge in [0.05, 0.1) is 0 Å². The third-order valence-electron chi connectivity index (χ3n) is 3.34. The van der Waals surface area contributed by atoms with Gasteiger partial charge in [0.25, 0.3) is 0 Å². The van der Waals surface area contributed by atoms with Gasteiger partial charge in [-0.1, -0.05) is 64.5 Å². The fraction of sp³-hybridized carbons (Fsp3) is 0. The summed E-state index contributed by atoms with van der Waals surface area (Å²) in [6.45, 7) is 0. The molecule has 0 unspecified atom stereocenters. The molecule has 0 atom stereocenters. The Morgan fingerprint density at radius 2 is 1.64 bits per heavy atom. The van der Waals surface area contributed by atoms with Crippen LogP contribution in [0.3, 0.4) is 0 Å². The molecule has 2 nitrogen and oxygen atoms in total. The number of rotatable bonds is 3. The monoisotopic (exact) mass is 351 g/mol. The van der Waals surface area contributed by atoms with Crippen LogP contribution in [0.15, 0.2) is 77.3 Å². The number of amides is 1. The number of halogens is 1. The summed E-state index contributed by atoms with van der Waals surface area (Å²) in [5.74, 6) is -0.140. The van der Waals surface area contributed by atoms with Gasteiger partial charge in [-0.05, 0) is 35.2 Å². The topological polar surface area (TPSA) is 29.1 Å². The SMILES string of the molecule is O=C(C=Cc1ccc(Br)cc1)Nc1cccc2ccccc12. The van der Waals surface area contributed by atoms with Gasteiger partial charge in [-0.2, -0.15) is 0 Å². The van der Waals surface area contributed by atoms with Crippen LogP contribution >= 0.6 is 15.9 Å². The van der Waals surface area contributed by atoms with Crippen LogP contribution in [-0.2, 0) is 4.79 Å². The van der Waals surface area contributed by atoms with E-state index in [0.29, 0.717) is 0 Å². The Morgan fingerprint density at radius 3 is 2.45 bits per heavy atom. The largest absolute Gasteiger partial charge is 0.322 e. The van der Waals surface area contributed by atoms with E-state index in [1.165, 1.54) is 0 Å². The Labute approximate surface area is 137 Å². The normalized spacial score (nSPS) is 11.0. The summed E-state index contributed by atoms with van der Waals surface area (Å²) >= 11 is 3.39. The first-order chi connectivity index (χ1) is 10.7. The molecule has 0 aromatic heterocycles. The minimum absolute atomic E-state index is 0.140. The quantitative estimate of drug-likeness (QED) is 0.641. The molecule has 1 N–H and O–H groups in total. The molecular formula is C19H14BrNO. The lowest BCUT2D eigenvalue weighted by Crippen LogP contribution is -2.07. The number of hydrogen-bond donors (Lipinski definition) is 1. The summed E-state index contributed by atoms with van der Waals surface area (Å²) in [7, 11) is 0. The number of nitrogens with one attached hydrogen (secondary N) is 1. The summed E-state index contributed by atoms with van der Waals surface area (Å²) < 4.78 is 1.02. The van der Waals surface area contributed by atoms with E-state index < -0.39 is 0 Å². The summed E-state index contributed by atoms with van der Waals surface area (Å²) in [5.41, 5.74) is 1.81. The fourth-order valence-electron chi connectivity index (χ4n) is 2.25. The maximum atomic E-state index is 12.1. The average molecular weight is 352 g/mol. The minimum Gasteiger partial charge on any atom is -0.322 e. The van der Waals surface area contributed by atoms with Gasteiger partial charge >= 0.3 is 0 Å². The number of hydrogen-bond acceptors (Lipinski definition) is 1. The van der Waals surface area contributed by atoms with Gasteiger partial charge in [0.15, 0.2) is 0 Å². The molecule has 1 amide bonds. The first-order valence-corrected chi connectivity index (χ1v) is 7.74. The molecule has 0 heterocycles. The van der Waals surface area contributed by atoms with Crippen molar-refractivity contribution in [2.45, 2.75) is 0 Å². The molecule has 0 fully saturated rings. The minimum atomic E-state index is -0.140. The van der Waals surface area contributed by atoms with Crippen molar-refractivity contribution in [2.24, 2.45) is 0 Å². The maximum absolute atomic E-state index is 12.1. The van der Waals surface area contributed by atoms with Crippen molar-refractivity contribution in [1.82, 2.24) is 0 Å². The van der Waals surface area contributed by atoms with Crippen molar-refractivity contribution < 1.29 is 4.79 Å². The van der Waals surface area contributed by atoms with Crippen molar-refractivity contribution in [3.63, 3.8) is 0 Å². The van der Waals surface area contributed by atoms with Crippen LogP contribution < -0.4 is 5.32 Å². The molecule has 0 saturated carbocycles. The van der Waals surface area contributed by atoms with Gasteiger partial charge in [-0.25, -0.2) is 0 Å². The molecule has 22 heavy (non-hydrogen) atoms. The molecule has 3 heteroatoms. The summed E-state index contributed by atoms with van der Waals surface area (Å²) in [4.78, 5) is 12.1. The second-order valence-electron chi connectivity index (χ2n) is 4.90. The predicted octanol–water partition coefficient (Wildman–Crippen LogP) is 5.25. The van der Waals surface area contributed by atoms with Crippen molar-refractivity contribution in [1.29, 1.82) is 0 Å². The molecule has 3 aromatic rings. The Morgan fingerprint density at radius 1 is 0.909 bits per heavy atom. The van der Waals surface area contributed by atoms with Gasteiger partial charge in [-0.15, -0.1) is 0 Å². The van der Waals surface area contributed by atoms with Crippen molar-refractivity contribution >= 4 is 44.4 Å². The molecular weight excluding hydrogens is 338 g/mol. The van der Waals surface area contributed by atoms with E-state index in [-0.39, 0.29) is 5.91 Å². The highest BCUT2D eigenvalue weighted by Crippen LogP contribution is 2.22. The molecule has 0 aliphatic carbocycles. The van der Waals surface area contributed by atoms with Crippen LogP contribution in [0.2, 0.25) is 0 Å². The zero-order valence-corrected chi connectivity index (χ0v) is 13.4. The lowest BCUT2D eigenvalue weighted by molar-refractivity contribution is -0.111. The van der Waals surface area contributed by atoms with E-state index in [2.05, 4.69) is 21.2 Å². The van der Waals surface area contributed by atoms with Crippen LogP contribution in [-0.4, -0.2) is 5.91 Å². The van der Waals surface area contributed by atoms with E-state index in [0.717, 1.165) is 26.5 Å². The average Bonchev–Trinajstić information content (AvgIpc) is 2.55. The Bertz CT molecular complexity index is 832. The second-order valence-corrected chi connectivity index (χ2v) is 5.82. The van der Waals surface area contributed by atoms with E-state index in [1.54, 1.807) is 12.2 Å². The molecule has 0 spiro atoms. The van der Waals surface area contributed by atoms with Crippen LogP contribution in [0.5, 0.6) is 0 Å². The second kappa shape index (κ2) is 6.58. The molecule has 108 valence electrons. The van der Waals surface area contributed by atoms with Crippen molar-refractivity contribution in [3.05, 3.63) is 82.8 Å². The molecule has 0 aliphatic rings. The van der Waals surface area contributed by atoms with E-state index in [4.69, 9.17) is 0 Å². The molecule has 0 bridgehead atoms. The highest BCUT2D eigenvalue weighted by atomic mass is 79.9. The highest BCUT2D eigenvalue weighted by molar-refractivity contribution is 9.10. The van der Waals surface area contributed by atoms with Gasteiger partial charge in [-0.3, -0.25) is 4.79 Å². The Balaban J connectivity index is 1.77. The third-order valence-corrected chi connectivity index (χ3v) is 3.87. The number of anilines is 1. The fourth-order valence-corrected chi connectivity index (χ4v) is 2.52. The van der Waals surface area contributed by atoms with E-state index >= 15 is 0 Å². The smallest absolute Gasteiger partial charge is 0.248 e. The summed E-state index contributed by atoms with van der Waals surface area (Å²) in [5, 5.41) is 5.08. The summed E-state index contributed by atoms with van der Waals surface area (Å²) in [6, 6.07) is 21.7. The van der Waals surface area contributed by atoms with Crippen LogP contribution in [0.4, 0.5) is 5.69 Å². The highest BCUT2D eigenvalue weighted by Gasteiger charge is 2.02. The molecule has 3 rings (SSSR count). The summed E-state index contributed by atoms with van der Waals surface area (Å²) in [6.07, 6.45) is 3.35. The van der Waals surface area contributed by atoms with Crippen molar-refractivity contribution in [2.75, 3.05) is 5.32 Å². The van der Waals surface area contributed by atoms with Crippen LogP contribution in [0.25, 0.3) is 16.8 Å². The number of carbonyl (C=O) groups is 1. The predicted molar refractivity (Wildman–Crippen MR) is 95.8 cm³/mol. The number of carbonyl (C=O) groups excluding carboxylic acids is 1. The Kier molecular flexibility index (Phi) is 4.35. The standard InChI is InChI=1S/C19H14BrNO/c20-16-11-8-14(9-12-16)10-13-19(22)21-18-7-3-5-15-4-1-2-6-17(15)18/h1-13H,(H,21,22). The lowest BCUT2D eigenvalue weighted by Gasteiger charge is -2.06. The van der Waals surface area contributed by atoms with Crippen molar-refractivity contribution in [3.8, 4) is 0 Å². The van der Waals surface area contributed by atoms with Crippen LogP contribution in [0, 0.1) is 0 Å². The lowest BCUT2D eigenvalue weighted by atomic mass is 10.1. The maximum Gasteiger partial charge on any atom is 0.248 e. The van der Waals surface area contributed by atoms with Gasteiger partial charge < -0.3 is 5.32 Å². The Hall–Kier alpha value is -2.39. The zero-order chi connectivity index (χ0) is 15.4. The van der Waals surface area contributed by atoms with Gasteiger partial charge in [0, 0.05) is 21.6 Å². The molecule has 0 saturated heterocycles. The molecule has 3 aromatic carbocycles. The van der Waals surface area contributed by atoms with Gasteiger partial charge in [0.1, 0.15) is 0 Å². The number of benzene rings is 3. The molecule has 0 radical (unpaired) electrons. The van der Waals surface area contributed by atoms with E-state index in [9.17, 15) is 4.79 Å². The van der Waals surface area contributed by atoms with Gasteiger partial charge in [0.2, 0.25) is 5.91 Å². The van der Waals surface area contributed by atoms with Crippen LogP contribution in [0.1, 0.15) is 5.56 Å². The molecule has 0 aliphatic heterocycles. The zero-order valence-electron chi connectivity index (χ0n) is 11.8.